The van der Waals surface area contributed by atoms with Gasteiger partial charge in [0.25, 0.3) is 0 Å². The second kappa shape index (κ2) is 5.76. The van der Waals surface area contributed by atoms with Gasteiger partial charge in [0.05, 0.1) is 18.1 Å². The minimum Gasteiger partial charge on any atom is -0.496 e. The summed E-state index contributed by atoms with van der Waals surface area (Å²) in [6.45, 7) is 9.00. The molecule has 0 N–H and O–H groups in total. The standard InChI is InChI=1S/C22H27NO2/c1-5-13-22(20-23-21(2,3)14-25-20)17-11-7-6-9-15(17)19(24-4)16-10-8-12-18(16)22/h5-7,9,11,18H,1,8,10,12-14H2,2-4H3/t18-,22+/m0/s1. The number of methoxy groups -OCH3 is 1. The predicted octanol–water partition coefficient (Wildman–Crippen LogP) is 4.88. The summed E-state index contributed by atoms with van der Waals surface area (Å²) in [5, 5.41) is 0. The second-order valence-corrected chi connectivity index (χ2v) is 8.03. The first-order valence-electron chi connectivity index (χ1n) is 9.24. The molecule has 4 rings (SSSR count). The highest BCUT2D eigenvalue weighted by Crippen LogP contribution is 2.56. The monoisotopic (exact) mass is 337 g/mol. The third kappa shape index (κ3) is 2.28. The molecular formula is C22H27NO2. The van der Waals surface area contributed by atoms with Crippen LogP contribution >= 0.6 is 0 Å². The Labute approximate surface area is 150 Å². The lowest BCUT2D eigenvalue weighted by atomic mass is 9.61. The van der Waals surface area contributed by atoms with E-state index in [1.54, 1.807) is 7.11 Å². The molecule has 0 amide bonds. The highest BCUT2D eigenvalue weighted by molar-refractivity contribution is 5.94. The summed E-state index contributed by atoms with van der Waals surface area (Å²) in [4.78, 5) is 5.03. The van der Waals surface area contributed by atoms with Gasteiger partial charge in [0.15, 0.2) is 5.90 Å². The van der Waals surface area contributed by atoms with Crippen LogP contribution < -0.4 is 0 Å². The van der Waals surface area contributed by atoms with Gasteiger partial charge in [-0.1, -0.05) is 30.3 Å². The van der Waals surface area contributed by atoms with Gasteiger partial charge in [0, 0.05) is 11.5 Å². The number of ether oxygens (including phenoxy) is 2. The zero-order chi connectivity index (χ0) is 17.7. The SMILES string of the molecule is C=CC[C@@]1(C2=NC(C)(C)CO2)c2ccccc2C(OC)=C2CCC[C@@H]21. The number of allylic oxidation sites excluding steroid dienone is 2. The molecule has 3 aliphatic rings. The maximum Gasteiger partial charge on any atom is 0.195 e. The van der Waals surface area contributed by atoms with Gasteiger partial charge < -0.3 is 9.47 Å². The van der Waals surface area contributed by atoms with Crippen molar-refractivity contribution in [1.82, 2.24) is 0 Å². The van der Waals surface area contributed by atoms with Gasteiger partial charge in [-0.15, -0.1) is 6.58 Å². The molecule has 0 unspecified atom stereocenters. The first-order chi connectivity index (χ1) is 12.0. The zero-order valence-electron chi connectivity index (χ0n) is 15.5. The first kappa shape index (κ1) is 16.4. The minimum absolute atomic E-state index is 0.164. The average Bonchev–Trinajstić information content (AvgIpc) is 3.22. The van der Waals surface area contributed by atoms with Crippen LogP contribution in [-0.2, 0) is 14.9 Å². The zero-order valence-corrected chi connectivity index (χ0v) is 15.5. The summed E-state index contributed by atoms with van der Waals surface area (Å²) >= 11 is 0. The number of hydrogen-bond donors (Lipinski definition) is 0. The average molecular weight is 337 g/mol. The Bertz CT molecular complexity index is 774. The van der Waals surface area contributed by atoms with Gasteiger partial charge in [-0.3, -0.25) is 0 Å². The largest absolute Gasteiger partial charge is 0.496 e. The second-order valence-electron chi connectivity index (χ2n) is 8.03. The molecule has 3 nitrogen and oxygen atoms in total. The van der Waals surface area contributed by atoms with Gasteiger partial charge in [0.1, 0.15) is 12.4 Å². The van der Waals surface area contributed by atoms with Crippen molar-refractivity contribution in [3.8, 4) is 0 Å². The van der Waals surface area contributed by atoms with E-state index in [0.717, 1.165) is 30.9 Å². The molecule has 0 saturated heterocycles. The molecular weight excluding hydrogens is 310 g/mol. The molecule has 1 aromatic rings. The Hall–Kier alpha value is -2.03. The van der Waals surface area contributed by atoms with Crippen molar-refractivity contribution in [1.29, 1.82) is 0 Å². The first-order valence-corrected chi connectivity index (χ1v) is 9.24. The summed E-state index contributed by atoms with van der Waals surface area (Å²) in [7, 11) is 1.79. The van der Waals surface area contributed by atoms with E-state index in [0.29, 0.717) is 12.5 Å². The molecule has 0 radical (unpaired) electrons. The van der Waals surface area contributed by atoms with Gasteiger partial charge in [-0.05, 0) is 50.7 Å². The third-order valence-electron chi connectivity index (χ3n) is 5.92. The van der Waals surface area contributed by atoms with E-state index >= 15 is 0 Å². The molecule has 2 atom stereocenters. The number of aliphatic imine (C=N–C) groups is 1. The number of rotatable bonds is 4. The topological polar surface area (TPSA) is 30.8 Å². The van der Waals surface area contributed by atoms with Crippen molar-refractivity contribution in [2.45, 2.75) is 50.5 Å². The summed E-state index contributed by atoms with van der Waals surface area (Å²) < 4.78 is 12.1. The molecule has 25 heavy (non-hydrogen) atoms. The Kier molecular flexibility index (Phi) is 3.78. The van der Waals surface area contributed by atoms with Gasteiger partial charge in [0.2, 0.25) is 0 Å². The maximum atomic E-state index is 6.24. The van der Waals surface area contributed by atoms with Crippen LogP contribution in [0.3, 0.4) is 0 Å². The van der Waals surface area contributed by atoms with Crippen molar-refractivity contribution in [3.63, 3.8) is 0 Å². The van der Waals surface area contributed by atoms with Crippen molar-refractivity contribution in [2.75, 3.05) is 13.7 Å². The molecule has 1 saturated carbocycles. The van der Waals surface area contributed by atoms with Gasteiger partial charge in [-0.2, -0.15) is 0 Å². The molecule has 2 aliphatic carbocycles. The Morgan fingerprint density at radius 1 is 1.36 bits per heavy atom. The van der Waals surface area contributed by atoms with Crippen LogP contribution in [-0.4, -0.2) is 25.2 Å². The van der Waals surface area contributed by atoms with E-state index in [1.165, 1.54) is 23.1 Å². The molecule has 0 bridgehead atoms. The number of nitrogens with zero attached hydrogens (tertiary/aromatic N) is 1. The molecule has 3 heteroatoms. The Morgan fingerprint density at radius 3 is 2.84 bits per heavy atom. The van der Waals surface area contributed by atoms with Crippen molar-refractivity contribution >= 4 is 11.7 Å². The predicted molar refractivity (Wildman–Crippen MR) is 102 cm³/mol. The lowest BCUT2D eigenvalue weighted by molar-refractivity contribution is 0.240. The van der Waals surface area contributed by atoms with Crippen LogP contribution in [0.2, 0.25) is 0 Å². The van der Waals surface area contributed by atoms with Crippen molar-refractivity contribution in [2.24, 2.45) is 10.9 Å². The normalized spacial score (nSPS) is 29.6. The smallest absolute Gasteiger partial charge is 0.195 e. The van der Waals surface area contributed by atoms with Crippen LogP contribution in [0.4, 0.5) is 0 Å². The van der Waals surface area contributed by atoms with E-state index in [4.69, 9.17) is 14.5 Å². The third-order valence-corrected chi connectivity index (χ3v) is 5.92. The molecule has 1 heterocycles. The fraction of sp³-hybridized carbons (Fsp3) is 0.500. The van der Waals surface area contributed by atoms with E-state index in [2.05, 4.69) is 44.7 Å². The van der Waals surface area contributed by atoms with Crippen molar-refractivity contribution in [3.05, 3.63) is 53.6 Å². The lowest BCUT2D eigenvalue weighted by Gasteiger charge is -2.43. The Balaban J connectivity index is 2.01. The molecule has 1 aliphatic heterocycles. The fourth-order valence-electron chi connectivity index (χ4n) is 4.98. The molecule has 0 spiro atoms. The van der Waals surface area contributed by atoms with E-state index in [-0.39, 0.29) is 11.0 Å². The van der Waals surface area contributed by atoms with Crippen molar-refractivity contribution < 1.29 is 9.47 Å². The quantitative estimate of drug-likeness (QED) is 0.733. The number of benzene rings is 1. The van der Waals surface area contributed by atoms with Gasteiger partial charge in [-0.25, -0.2) is 4.99 Å². The van der Waals surface area contributed by atoms with E-state index < -0.39 is 0 Å². The molecule has 1 fully saturated rings. The highest BCUT2D eigenvalue weighted by atomic mass is 16.5. The molecule has 0 aromatic heterocycles. The lowest BCUT2D eigenvalue weighted by Crippen LogP contribution is -2.45. The van der Waals surface area contributed by atoms with Crippen LogP contribution in [0.1, 0.15) is 50.7 Å². The van der Waals surface area contributed by atoms with Crippen LogP contribution in [0.25, 0.3) is 5.76 Å². The summed E-state index contributed by atoms with van der Waals surface area (Å²) in [6.07, 6.45) is 6.30. The number of hydrogen-bond acceptors (Lipinski definition) is 3. The molecule has 1 aromatic carbocycles. The van der Waals surface area contributed by atoms with Crippen LogP contribution in [0, 0.1) is 5.92 Å². The summed E-state index contributed by atoms with van der Waals surface area (Å²) in [5.74, 6) is 2.34. The fourth-order valence-corrected chi connectivity index (χ4v) is 4.98. The highest BCUT2D eigenvalue weighted by Gasteiger charge is 2.55. The van der Waals surface area contributed by atoms with Gasteiger partial charge >= 0.3 is 0 Å². The van der Waals surface area contributed by atoms with Crippen LogP contribution in [0.15, 0.2) is 47.5 Å². The molecule has 132 valence electrons. The van der Waals surface area contributed by atoms with E-state index in [1.807, 2.05) is 6.08 Å². The summed E-state index contributed by atoms with van der Waals surface area (Å²) in [5.41, 5.74) is 3.48. The Morgan fingerprint density at radius 2 is 2.16 bits per heavy atom. The summed E-state index contributed by atoms with van der Waals surface area (Å²) in [6, 6.07) is 8.61. The van der Waals surface area contributed by atoms with E-state index in [9.17, 15) is 0 Å². The van der Waals surface area contributed by atoms with Crippen LogP contribution in [0.5, 0.6) is 0 Å². The minimum atomic E-state index is -0.250. The number of fused-ring (bicyclic) bond motifs is 2. The maximum absolute atomic E-state index is 6.24.